The lowest BCUT2D eigenvalue weighted by molar-refractivity contribution is 0.169. The van der Waals surface area contributed by atoms with E-state index in [1.165, 1.54) is 0 Å². The van der Waals surface area contributed by atoms with Crippen LogP contribution >= 0.6 is 0 Å². The van der Waals surface area contributed by atoms with Crippen LogP contribution in [0.25, 0.3) is 6.08 Å². The van der Waals surface area contributed by atoms with Gasteiger partial charge in [-0.3, -0.25) is 0 Å². The summed E-state index contributed by atoms with van der Waals surface area (Å²) in [5.74, 6) is 1.52. The summed E-state index contributed by atoms with van der Waals surface area (Å²) >= 11 is 0. The molecule has 1 aromatic carbocycles. The molecule has 0 spiro atoms. The molecule has 4 heteroatoms. The highest BCUT2D eigenvalue weighted by molar-refractivity contribution is 5.55. The second-order valence-corrected chi connectivity index (χ2v) is 4.57. The normalized spacial score (nSPS) is 12.6. The van der Waals surface area contributed by atoms with E-state index in [1.807, 2.05) is 37.3 Å². The number of hydrogen-bond acceptors (Lipinski definition) is 4. The third-order valence-electron chi connectivity index (χ3n) is 2.82. The third kappa shape index (κ3) is 5.63. The molecule has 1 rings (SSSR count). The quantitative estimate of drug-likeness (QED) is 0.706. The minimum absolute atomic E-state index is 0.322. The Labute approximate surface area is 121 Å². The molecule has 4 nitrogen and oxygen atoms in total. The maximum Gasteiger partial charge on any atom is 0.161 e. The molecule has 1 unspecified atom stereocenters. The van der Waals surface area contributed by atoms with Gasteiger partial charge in [0.15, 0.2) is 11.5 Å². The van der Waals surface area contributed by atoms with Crippen LogP contribution in [0.1, 0.15) is 19.4 Å². The molecule has 0 fully saturated rings. The lowest BCUT2D eigenvalue weighted by Gasteiger charge is -2.14. The Hall–Kier alpha value is -1.52. The van der Waals surface area contributed by atoms with Gasteiger partial charge < -0.3 is 19.5 Å². The van der Waals surface area contributed by atoms with Gasteiger partial charge in [-0.1, -0.05) is 18.2 Å². The molecule has 0 radical (unpaired) electrons. The Balaban J connectivity index is 2.47. The van der Waals surface area contributed by atoms with Crippen molar-refractivity contribution >= 4 is 6.08 Å². The Bertz CT molecular complexity index is 418. The molecule has 0 amide bonds. The molecular weight excluding hydrogens is 254 g/mol. The molecule has 1 aromatic rings. The number of nitrogens with one attached hydrogen (secondary N) is 1. The molecule has 0 saturated carbocycles. The zero-order chi connectivity index (χ0) is 14.8. The second kappa shape index (κ2) is 9.39. The predicted molar refractivity (Wildman–Crippen MR) is 82.5 cm³/mol. The summed E-state index contributed by atoms with van der Waals surface area (Å²) < 4.78 is 16.1. The van der Waals surface area contributed by atoms with Crippen molar-refractivity contribution < 1.29 is 14.2 Å². The Kier molecular flexibility index (Phi) is 7.77. The topological polar surface area (TPSA) is 39.7 Å². The van der Waals surface area contributed by atoms with Crippen molar-refractivity contribution in [1.29, 1.82) is 0 Å². The molecule has 0 bridgehead atoms. The molecule has 0 aliphatic heterocycles. The van der Waals surface area contributed by atoms with Crippen LogP contribution in [0.4, 0.5) is 0 Å². The molecule has 0 aliphatic carbocycles. The van der Waals surface area contributed by atoms with Crippen molar-refractivity contribution in [3.05, 3.63) is 29.8 Å². The first kappa shape index (κ1) is 16.5. The van der Waals surface area contributed by atoms with E-state index in [0.717, 1.165) is 23.6 Å². The predicted octanol–water partition coefficient (Wildman–Crippen LogP) is 2.73. The van der Waals surface area contributed by atoms with Gasteiger partial charge in [-0.2, -0.15) is 0 Å². The van der Waals surface area contributed by atoms with Crippen molar-refractivity contribution in [3.63, 3.8) is 0 Å². The Morgan fingerprint density at radius 2 is 2.05 bits per heavy atom. The first-order chi connectivity index (χ1) is 9.71. The minimum Gasteiger partial charge on any atom is -0.493 e. The first-order valence-electron chi connectivity index (χ1n) is 6.87. The van der Waals surface area contributed by atoms with Gasteiger partial charge in [0.1, 0.15) is 6.61 Å². The van der Waals surface area contributed by atoms with Crippen LogP contribution in [0.3, 0.4) is 0 Å². The van der Waals surface area contributed by atoms with Gasteiger partial charge in [0, 0.05) is 19.7 Å². The van der Waals surface area contributed by atoms with Crippen molar-refractivity contribution in [2.24, 2.45) is 0 Å². The molecular formula is C16H25NO3. The molecule has 20 heavy (non-hydrogen) atoms. The van der Waals surface area contributed by atoms with Gasteiger partial charge in [0.2, 0.25) is 0 Å². The van der Waals surface area contributed by atoms with E-state index in [-0.39, 0.29) is 0 Å². The van der Waals surface area contributed by atoms with Gasteiger partial charge in [0.25, 0.3) is 0 Å². The standard InChI is InChI=1S/C16H25NO3/c1-5-6-14-7-8-15(16(11-14)19-4)20-10-9-17-13(2)12-18-3/h5-8,11,13,17H,9-10,12H2,1-4H3. The van der Waals surface area contributed by atoms with Gasteiger partial charge in [-0.15, -0.1) is 0 Å². The monoisotopic (exact) mass is 279 g/mol. The van der Waals surface area contributed by atoms with Crippen molar-refractivity contribution in [1.82, 2.24) is 5.32 Å². The lowest BCUT2D eigenvalue weighted by atomic mass is 10.2. The molecule has 0 aliphatic rings. The maximum absolute atomic E-state index is 5.74. The summed E-state index contributed by atoms with van der Waals surface area (Å²) in [7, 11) is 3.35. The van der Waals surface area contributed by atoms with Crippen LogP contribution in [0.2, 0.25) is 0 Å². The summed E-state index contributed by atoms with van der Waals surface area (Å²) in [4.78, 5) is 0. The van der Waals surface area contributed by atoms with Crippen LogP contribution in [-0.2, 0) is 4.74 Å². The summed E-state index contributed by atoms with van der Waals surface area (Å²) in [5, 5.41) is 3.32. The van der Waals surface area contributed by atoms with Gasteiger partial charge >= 0.3 is 0 Å². The summed E-state index contributed by atoms with van der Waals surface area (Å²) in [6.45, 7) is 6.12. The van der Waals surface area contributed by atoms with Crippen LogP contribution < -0.4 is 14.8 Å². The zero-order valence-electron chi connectivity index (χ0n) is 12.8. The first-order valence-corrected chi connectivity index (χ1v) is 6.87. The third-order valence-corrected chi connectivity index (χ3v) is 2.82. The largest absolute Gasteiger partial charge is 0.493 e. The molecule has 1 N–H and O–H groups in total. The SMILES string of the molecule is CC=Cc1ccc(OCCNC(C)COC)c(OC)c1. The number of methoxy groups -OCH3 is 2. The summed E-state index contributed by atoms with van der Waals surface area (Å²) in [6, 6.07) is 6.24. The van der Waals surface area contributed by atoms with Crippen molar-refractivity contribution in [2.45, 2.75) is 19.9 Å². The minimum atomic E-state index is 0.322. The molecule has 112 valence electrons. The summed E-state index contributed by atoms with van der Waals surface area (Å²) in [6.07, 6.45) is 4.02. The van der Waals surface area contributed by atoms with E-state index in [2.05, 4.69) is 12.2 Å². The van der Waals surface area contributed by atoms with Gasteiger partial charge in [-0.25, -0.2) is 0 Å². The maximum atomic E-state index is 5.74. The van der Waals surface area contributed by atoms with Crippen LogP contribution in [0.15, 0.2) is 24.3 Å². The Morgan fingerprint density at radius 1 is 1.25 bits per heavy atom. The van der Waals surface area contributed by atoms with E-state index < -0.39 is 0 Å². The molecule has 0 aromatic heterocycles. The smallest absolute Gasteiger partial charge is 0.161 e. The highest BCUT2D eigenvalue weighted by atomic mass is 16.5. The van der Waals surface area contributed by atoms with E-state index in [1.54, 1.807) is 14.2 Å². The number of benzene rings is 1. The highest BCUT2D eigenvalue weighted by Crippen LogP contribution is 2.28. The average molecular weight is 279 g/mol. The van der Waals surface area contributed by atoms with E-state index >= 15 is 0 Å². The van der Waals surface area contributed by atoms with Crippen LogP contribution in [0, 0.1) is 0 Å². The molecule has 0 heterocycles. The van der Waals surface area contributed by atoms with Crippen molar-refractivity contribution in [2.75, 3.05) is 34.0 Å². The highest BCUT2D eigenvalue weighted by Gasteiger charge is 2.05. The number of rotatable bonds is 9. The van der Waals surface area contributed by atoms with Crippen LogP contribution in [-0.4, -0.2) is 40.0 Å². The fourth-order valence-electron chi connectivity index (χ4n) is 1.87. The second-order valence-electron chi connectivity index (χ2n) is 4.57. The van der Waals surface area contributed by atoms with E-state index in [9.17, 15) is 0 Å². The lowest BCUT2D eigenvalue weighted by Crippen LogP contribution is -2.33. The molecule has 1 atom stereocenters. The summed E-state index contributed by atoms with van der Waals surface area (Å²) in [5.41, 5.74) is 1.10. The molecule has 0 saturated heterocycles. The van der Waals surface area contributed by atoms with Gasteiger partial charge in [-0.05, 0) is 31.5 Å². The van der Waals surface area contributed by atoms with Gasteiger partial charge in [0.05, 0.1) is 13.7 Å². The zero-order valence-corrected chi connectivity index (χ0v) is 12.8. The van der Waals surface area contributed by atoms with Crippen LogP contribution in [0.5, 0.6) is 11.5 Å². The van der Waals surface area contributed by atoms with Crippen molar-refractivity contribution in [3.8, 4) is 11.5 Å². The fraction of sp³-hybridized carbons (Fsp3) is 0.500. The Morgan fingerprint density at radius 3 is 2.70 bits per heavy atom. The number of hydrogen-bond donors (Lipinski definition) is 1. The number of allylic oxidation sites excluding steroid dienone is 1. The number of ether oxygens (including phenoxy) is 3. The fourth-order valence-corrected chi connectivity index (χ4v) is 1.87. The average Bonchev–Trinajstić information content (AvgIpc) is 2.45. The van der Waals surface area contributed by atoms with E-state index in [0.29, 0.717) is 19.3 Å². The van der Waals surface area contributed by atoms with E-state index in [4.69, 9.17) is 14.2 Å².